The largest absolute Gasteiger partial charge is 0.462 e. The molecule has 328 valence electrons. The predicted octanol–water partition coefficient (Wildman–Crippen LogP) is 13.8. The molecule has 0 radical (unpaired) electrons. The summed E-state index contributed by atoms with van der Waals surface area (Å²) >= 11 is 0. The average Bonchev–Trinajstić information content (AvgIpc) is 3.20. The van der Waals surface area contributed by atoms with Gasteiger partial charge in [-0.05, 0) is 64.2 Å². The number of carbonyl (C=O) groups excluding carboxylic acids is 2. The topological polar surface area (TPSA) is 95.9 Å². The Morgan fingerprint density at radius 2 is 0.982 bits per heavy atom. The number of amides is 1. The minimum atomic E-state index is -0.803. The first kappa shape index (κ1) is 54.3. The van der Waals surface area contributed by atoms with Crippen molar-refractivity contribution in [3.63, 3.8) is 0 Å². The van der Waals surface area contributed by atoms with E-state index in [0.717, 1.165) is 70.6 Å². The third kappa shape index (κ3) is 39.9. The van der Waals surface area contributed by atoms with Gasteiger partial charge in [-0.1, -0.05) is 209 Å². The first-order valence-corrected chi connectivity index (χ1v) is 23.7. The molecule has 0 heterocycles. The van der Waals surface area contributed by atoms with Gasteiger partial charge >= 0.3 is 5.97 Å². The van der Waals surface area contributed by atoms with Crippen LogP contribution in [0, 0.1) is 0 Å². The summed E-state index contributed by atoms with van der Waals surface area (Å²) in [7, 11) is 0. The Labute approximate surface area is 351 Å². The standard InChI is InChI=1S/C51H89NO5/c1-4-7-10-13-16-19-22-24-25-26-29-32-35-38-41-44-51(56)57-47(42-39-36-33-30-27-21-18-15-12-9-6-3)45-50(55)52-48(46-53)49(54)43-40-37-34-31-28-23-20-17-14-11-8-5-2/h7,10,13,16,19,22,24-26,29-30,33,47-49,53-54H,4-6,8-9,11-12,14-15,17-18,20-21,23,27-28,31-32,34-46H2,1-3H3,(H,52,55)/b10-7+,16-13+,22-19-,25-24-,29-26+,33-30-. The molecule has 6 heteroatoms. The van der Waals surface area contributed by atoms with Gasteiger partial charge in [-0.25, -0.2) is 0 Å². The van der Waals surface area contributed by atoms with Crippen LogP contribution in [-0.2, 0) is 14.3 Å². The van der Waals surface area contributed by atoms with E-state index < -0.39 is 18.2 Å². The van der Waals surface area contributed by atoms with E-state index >= 15 is 0 Å². The average molecular weight is 796 g/mol. The first-order valence-electron chi connectivity index (χ1n) is 23.7. The summed E-state index contributed by atoms with van der Waals surface area (Å²) in [5.74, 6) is -0.558. The number of aliphatic hydroxyl groups is 2. The zero-order valence-electron chi connectivity index (χ0n) is 37.2. The van der Waals surface area contributed by atoms with Crippen LogP contribution in [0.5, 0.6) is 0 Å². The molecule has 0 aliphatic heterocycles. The number of unbranched alkanes of at least 4 members (excludes halogenated alkanes) is 21. The number of aliphatic hydroxyl groups excluding tert-OH is 2. The number of esters is 1. The highest BCUT2D eigenvalue weighted by Gasteiger charge is 2.24. The first-order chi connectivity index (χ1) is 28.0. The Morgan fingerprint density at radius 1 is 0.526 bits per heavy atom. The van der Waals surface area contributed by atoms with E-state index in [1.165, 1.54) is 96.3 Å². The quantitative estimate of drug-likeness (QED) is 0.0248. The van der Waals surface area contributed by atoms with Crippen molar-refractivity contribution in [2.45, 2.75) is 232 Å². The molecule has 0 aromatic heterocycles. The van der Waals surface area contributed by atoms with Crippen LogP contribution >= 0.6 is 0 Å². The van der Waals surface area contributed by atoms with E-state index in [2.05, 4.69) is 56.5 Å². The lowest BCUT2D eigenvalue weighted by Gasteiger charge is -2.24. The van der Waals surface area contributed by atoms with Crippen LogP contribution < -0.4 is 5.32 Å². The lowest BCUT2D eigenvalue weighted by molar-refractivity contribution is -0.151. The molecule has 57 heavy (non-hydrogen) atoms. The van der Waals surface area contributed by atoms with Gasteiger partial charge < -0.3 is 20.3 Å². The molecule has 0 saturated carbocycles. The molecule has 0 bridgehead atoms. The maximum atomic E-state index is 13.1. The van der Waals surface area contributed by atoms with Crippen LogP contribution in [0.1, 0.15) is 213 Å². The molecule has 0 fully saturated rings. The van der Waals surface area contributed by atoms with Gasteiger partial charge in [0, 0.05) is 6.42 Å². The Hall–Kier alpha value is -2.70. The van der Waals surface area contributed by atoms with Gasteiger partial charge in [0.2, 0.25) is 5.91 Å². The molecular formula is C51H89NO5. The summed E-state index contributed by atoms with van der Waals surface area (Å²) in [5, 5.41) is 23.7. The fourth-order valence-electron chi connectivity index (χ4n) is 6.80. The molecule has 6 nitrogen and oxygen atoms in total. The summed E-state index contributed by atoms with van der Waals surface area (Å²) in [6.45, 7) is 6.29. The fraction of sp³-hybridized carbons (Fsp3) is 0.725. The van der Waals surface area contributed by atoms with Gasteiger partial charge in [0.25, 0.3) is 0 Å². The van der Waals surface area contributed by atoms with E-state index in [1.807, 2.05) is 42.5 Å². The second-order valence-corrected chi connectivity index (χ2v) is 15.9. The predicted molar refractivity (Wildman–Crippen MR) is 245 cm³/mol. The number of hydrogen-bond acceptors (Lipinski definition) is 5. The summed E-state index contributed by atoms with van der Waals surface area (Å²) < 4.78 is 5.87. The highest BCUT2D eigenvalue weighted by atomic mass is 16.5. The Bertz CT molecular complexity index is 1070. The number of nitrogens with one attached hydrogen (secondary N) is 1. The lowest BCUT2D eigenvalue weighted by atomic mass is 10.0. The van der Waals surface area contributed by atoms with Crippen LogP contribution in [0.4, 0.5) is 0 Å². The fourth-order valence-corrected chi connectivity index (χ4v) is 6.80. The molecular weight excluding hydrogens is 707 g/mol. The molecule has 0 aliphatic carbocycles. The highest BCUT2D eigenvalue weighted by molar-refractivity contribution is 5.77. The Kier molecular flexibility index (Phi) is 42.3. The van der Waals surface area contributed by atoms with Gasteiger partial charge in [-0.2, -0.15) is 0 Å². The zero-order valence-corrected chi connectivity index (χ0v) is 37.2. The minimum absolute atomic E-state index is 0.0364. The minimum Gasteiger partial charge on any atom is -0.462 e. The maximum Gasteiger partial charge on any atom is 0.306 e. The molecule has 3 unspecified atom stereocenters. The second-order valence-electron chi connectivity index (χ2n) is 15.9. The molecule has 0 aliphatic rings. The third-order valence-corrected chi connectivity index (χ3v) is 10.4. The van der Waals surface area contributed by atoms with Crippen molar-refractivity contribution in [2.75, 3.05) is 6.61 Å². The highest BCUT2D eigenvalue weighted by Crippen LogP contribution is 2.16. The van der Waals surface area contributed by atoms with Crippen molar-refractivity contribution < 1.29 is 24.5 Å². The second kappa shape index (κ2) is 44.4. The van der Waals surface area contributed by atoms with E-state index in [1.54, 1.807) is 0 Å². The normalized spacial score (nSPS) is 14.0. The maximum absolute atomic E-state index is 13.1. The molecule has 0 aromatic carbocycles. The lowest BCUT2D eigenvalue weighted by Crippen LogP contribution is -2.46. The van der Waals surface area contributed by atoms with Gasteiger partial charge in [-0.3, -0.25) is 9.59 Å². The van der Waals surface area contributed by atoms with Gasteiger partial charge in [0.15, 0.2) is 0 Å². The molecule has 1 amide bonds. The van der Waals surface area contributed by atoms with Crippen molar-refractivity contribution in [2.24, 2.45) is 0 Å². The molecule has 0 aromatic rings. The van der Waals surface area contributed by atoms with Crippen molar-refractivity contribution in [1.82, 2.24) is 5.32 Å². The van der Waals surface area contributed by atoms with E-state index in [0.29, 0.717) is 19.3 Å². The number of allylic oxidation sites excluding steroid dienone is 12. The van der Waals surface area contributed by atoms with Crippen LogP contribution in [0.25, 0.3) is 0 Å². The van der Waals surface area contributed by atoms with Crippen LogP contribution in [0.3, 0.4) is 0 Å². The number of ether oxygens (including phenoxy) is 1. The van der Waals surface area contributed by atoms with Crippen LogP contribution in [0.2, 0.25) is 0 Å². The van der Waals surface area contributed by atoms with Gasteiger partial charge in [0.05, 0.1) is 25.2 Å². The van der Waals surface area contributed by atoms with Gasteiger partial charge in [0.1, 0.15) is 6.10 Å². The monoisotopic (exact) mass is 796 g/mol. The van der Waals surface area contributed by atoms with Gasteiger partial charge in [-0.15, -0.1) is 0 Å². The SMILES string of the molecule is CC/C=C/C=C/C=C\C=C/C=C/CCCCCC(=O)OC(CCC/C=C\CCCCCCCC)CC(=O)NC(CO)C(O)CCCCCCCCCCCCCC. The molecule has 0 saturated heterocycles. The zero-order chi connectivity index (χ0) is 41.7. The third-order valence-electron chi connectivity index (χ3n) is 10.4. The van der Waals surface area contributed by atoms with E-state index in [-0.39, 0.29) is 24.9 Å². The Balaban J connectivity index is 4.69. The number of carbonyl (C=O) groups is 2. The van der Waals surface area contributed by atoms with Crippen molar-refractivity contribution in [3.8, 4) is 0 Å². The van der Waals surface area contributed by atoms with E-state index in [9.17, 15) is 19.8 Å². The molecule has 0 rings (SSSR count). The summed E-state index contributed by atoms with van der Waals surface area (Å²) in [5.41, 5.74) is 0. The summed E-state index contributed by atoms with van der Waals surface area (Å²) in [6.07, 6.45) is 55.3. The molecule has 0 spiro atoms. The summed E-state index contributed by atoms with van der Waals surface area (Å²) in [6, 6.07) is -0.720. The number of rotatable bonds is 41. The van der Waals surface area contributed by atoms with Crippen LogP contribution in [0.15, 0.2) is 72.9 Å². The van der Waals surface area contributed by atoms with Crippen molar-refractivity contribution >= 4 is 11.9 Å². The van der Waals surface area contributed by atoms with Crippen molar-refractivity contribution in [1.29, 1.82) is 0 Å². The number of hydrogen-bond donors (Lipinski definition) is 3. The van der Waals surface area contributed by atoms with E-state index in [4.69, 9.17) is 4.74 Å². The molecule has 3 N–H and O–H groups in total. The Morgan fingerprint density at radius 3 is 1.53 bits per heavy atom. The molecule has 3 atom stereocenters. The summed E-state index contributed by atoms with van der Waals surface area (Å²) in [4.78, 5) is 26.0. The van der Waals surface area contributed by atoms with Crippen LogP contribution in [-0.4, -0.2) is 46.9 Å². The smallest absolute Gasteiger partial charge is 0.306 e. The van der Waals surface area contributed by atoms with Crippen molar-refractivity contribution in [3.05, 3.63) is 72.9 Å².